The summed E-state index contributed by atoms with van der Waals surface area (Å²) in [4.78, 5) is 33.1. The van der Waals surface area contributed by atoms with E-state index in [1.807, 2.05) is 18.7 Å². The summed E-state index contributed by atoms with van der Waals surface area (Å²) >= 11 is 2.45. The molecule has 4 heterocycles. The number of fused-ring (bicyclic) bond motifs is 1. The number of anilines is 1. The first-order chi connectivity index (χ1) is 15.2. The maximum Gasteiger partial charge on any atom is 0.274 e. The van der Waals surface area contributed by atoms with Gasteiger partial charge in [0, 0.05) is 37.9 Å². The molecule has 172 valence electrons. The average Bonchev–Trinajstić information content (AvgIpc) is 3.42. The molecule has 3 aromatic heterocycles. The second-order valence-corrected chi connectivity index (χ2v) is 11.7. The Morgan fingerprint density at radius 3 is 2.56 bits per heavy atom. The summed E-state index contributed by atoms with van der Waals surface area (Å²) in [5, 5.41) is 6.98. The van der Waals surface area contributed by atoms with Crippen LogP contribution in [0.15, 0.2) is 32.6 Å². The van der Waals surface area contributed by atoms with Crippen molar-refractivity contribution in [2.24, 2.45) is 5.92 Å². The van der Waals surface area contributed by atoms with Gasteiger partial charge in [-0.15, -0.1) is 16.4 Å². The lowest BCUT2D eigenvalue weighted by molar-refractivity contribution is -0.134. The van der Waals surface area contributed by atoms with Gasteiger partial charge in [0.1, 0.15) is 10.3 Å². The molecule has 32 heavy (non-hydrogen) atoms. The van der Waals surface area contributed by atoms with E-state index >= 15 is 0 Å². The minimum absolute atomic E-state index is 0.194. The number of carbonyl (C=O) groups excluding carboxylic acids is 1. The van der Waals surface area contributed by atoms with Gasteiger partial charge in [-0.05, 0) is 24.3 Å². The zero-order chi connectivity index (χ0) is 23.0. The summed E-state index contributed by atoms with van der Waals surface area (Å²) in [6.45, 7) is 7.46. The molecule has 0 spiro atoms. The van der Waals surface area contributed by atoms with E-state index in [0.717, 1.165) is 16.5 Å². The molecule has 4 rings (SSSR count). The zero-order valence-corrected chi connectivity index (χ0v) is 20.3. The normalized spacial score (nSPS) is 16.1. The van der Waals surface area contributed by atoms with Crippen molar-refractivity contribution in [3.8, 4) is 0 Å². The number of aromatic nitrogens is 3. The molecule has 1 fully saturated rings. The van der Waals surface area contributed by atoms with E-state index in [9.17, 15) is 18.0 Å². The molecule has 3 aromatic rings. The highest BCUT2D eigenvalue weighted by molar-refractivity contribution is 7.91. The Hall–Kier alpha value is -2.35. The van der Waals surface area contributed by atoms with Crippen LogP contribution in [0.4, 0.5) is 5.13 Å². The number of carbonyl (C=O) groups is 1. The summed E-state index contributed by atoms with van der Waals surface area (Å²) in [5.41, 5.74) is 0.423. The van der Waals surface area contributed by atoms with Crippen molar-refractivity contribution in [2.45, 2.75) is 31.0 Å². The second kappa shape index (κ2) is 8.89. The highest BCUT2D eigenvalue weighted by atomic mass is 32.2. The van der Waals surface area contributed by atoms with E-state index in [0.29, 0.717) is 36.8 Å². The van der Waals surface area contributed by atoms with Crippen molar-refractivity contribution < 1.29 is 13.2 Å². The van der Waals surface area contributed by atoms with E-state index < -0.39 is 16.1 Å². The molecule has 0 aliphatic carbocycles. The van der Waals surface area contributed by atoms with Gasteiger partial charge in [-0.2, -0.15) is 9.71 Å². The topological polar surface area (TPSA) is 117 Å². The maximum atomic E-state index is 13.2. The van der Waals surface area contributed by atoms with Crippen LogP contribution < -0.4 is 15.2 Å². The van der Waals surface area contributed by atoms with Crippen LogP contribution in [0.2, 0.25) is 0 Å². The Morgan fingerprint density at radius 1 is 1.22 bits per heavy atom. The first-order valence-electron chi connectivity index (χ1n) is 10.1. The van der Waals surface area contributed by atoms with Gasteiger partial charge < -0.3 is 9.80 Å². The van der Waals surface area contributed by atoms with Crippen molar-refractivity contribution >= 4 is 48.7 Å². The number of hydrogen-bond acceptors (Lipinski definition) is 9. The van der Waals surface area contributed by atoms with Crippen LogP contribution in [0.5, 0.6) is 0 Å². The molecule has 13 heteroatoms. The van der Waals surface area contributed by atoms with Crippen LogP contribution in [-0.2, 0) is 14.8 Å². The second-order valence-electron chi connectivity index (χ2n) is 7.90. The standard InChI is InChI=1S/C19H24N6O4S3/c1-12(2)16(22-32(28,29)15-5-4-10-30-15)17(27)23-6-8-24(9-7-23)19-21-25-13(3)11-14(26)20-18(25)31-19/h4-5,10-12,16,22H,6-9H2,1-3H3/t16-/m0/s1. The molecule has 0 bridgehead atoms. The van der Waals surface area contributed by atoms with Crippen molar-refractivity contribution in [1.82, 2.24) is 24.2 Å². The number of nitrogens with zero attached hydrogens (tertiary/aromatic N) is 5. The SMILES string of the molecule is Cc1cc(=O)nc2sc(N3CCN(C(=O)[C@@H](NS(=O)(=O)c4cccs4)C(C)C)CC3)nn12. The molecule has 1 aliphatic heterocycles. The molecular weight excluding hydrogens is 472 g/mol. The fourth-order valence-corrected chi connectivity index (χ4v) is 6.85. The number of nitrogens with one attached hydrogen (secondary N) is 1. The Labute approximate surface area is 193 Å². The van der Waals surface area contributed by atoms with Crippen LogP contribution in [0.25, 0.3) is 4.96 Å². The third-order valence-corrected chi connectivity index (χ3v) is 9.07. The summed E-state index contributed by atoms with van der Waals surface area (Å²) in [7, 11) is -3.75. The number of aryl methyl sites for hydroxylation is 1. The summed E-state index contributed by atoms with van der Waals surface area (Å²) in [6.07, 6.45) is 0. The number of hydrogen-bond donors (Lipinski definition) is 1. The fraction of sp³-hybridized carbons (Fsp3) is 0.474. The highest BCUT2D eigenvalue weighted by Crippen LogP contribution is 2.24. The number of rotatable bonds is 6. The molecule has 0 unspecified atom stereocenters. The van der Waals surface area contributed by atoms with Gasteiger partial charge in [-0.1, -0.05) is 31.3 Å². The first-order valence-corrected chi connectivity index (χ1v) is 13.3. The Kier molecular flexibility index (Phi) is 6.34. The smallest absolute Gasteiger partial charge is 0.274 e. The molecule has 0 radical (unpaired) electrons. The van der Waals surface area contributed by atoms with Crippen molar-refractivity contribution in [2.75, 3.05) is 31.1 Å². The monoisotopic (exact) mass is 496 g/mol. The molecule has 1 aliphatic rings. The molecule has 1 atom stereocenters. The van der Waals surface area contributed by atoms with Gasteiger partial charge in [0.25, 0.3) is 15.6 Å². The predicted molar refractivity (Wildman–Crippen MR) is 124 cm³/mol. The van der Waals surface area contributed by atoms with E-state index in [2.05, 4.69) is 14.8 Å². The number of thiophene rings is 1. The molecule has 1 N–H and O–H groups in total. The predicted octanol–water partition coefficient (Wildman–Crippen LogP) is 1.17. The third-order valence-electron chi connectivity index (χ3n) is 5.26. The molecule has 0 aromatic carbocycles. The lowest BCUT2D eigenvalue weighted by Crippen LogP contribution is -2.56. The zero-order valence-electron chi connectivity index (χ0n) is 17.9. The number of amides is 1. The molecular formula is C19H24N6O4S3. The lowest BCUT2D eigenvalue weighted by atomic mass is 10.0. The van der Waals surface area contributed by atoms with Crippen LogP contribution in [-0.4, -0.2) is 66.0 Å². The Morgan fingerprint density at radius 2 is 1.94 bits per heavy atom. The van der Waals surface area contributed by atoms with Crippen molar-refractivity contribution in [1.29, 1.82) is 0 Å². The number of sulfonamides is 1. The van der Waals surface area contributed by atoms with Crippen LogP contribution in [0, 0.1) is 12.8 Å². The van der Waals surface area contributed by atoms with Crippen LogP contribution >= 0.6 is 22.7 Å². The van der Waals surface area contributed by atoms with Crippen LogP contribution in [0.1, 0.15) is 19.5 Å². The molecule has 10 nitrogen and oxygen atoms in total. The Balaban J connectivity index is 1.45. The van der Waals surface area contributed by atoms with Gasteiger partial charge >= 0.3 is 0 Å². The minimum Gasteiger partial charge on any atom is -0.343 e. The van der Waals surface area contributed by atoms with E-state index in [-0.39, 0.29) is 21.6 Å². The summed E-state index contributed by atoms with van der Waals surface area (Å²) < 4.78 is 29.7. The fourth-order valence-electron chi connectivity index (χ4n) is 3.50. The largest absolute Gasteiger partial charge is 0.343 e. The van der Waals surface area contributed by atoms with Crippen LogP contribution in [0.3, 0.4) is 0 Å². The van der Waals surface area contributed by atoms with E-state index in [1.54, 1.807) is 27.8 Å². The minimum atomic E-state index is -3.75. The van der Waals surface area contributed by atoms with Crippen molar-refractivity contribution in [3.05, 3.63) is 39.6 Å². The number of piperazine rings is 1. The lowest BCUT2D eigenvalue weighted by Gasteiger charge is -2.36. The van der Waals surface area contributed by atoms with E-state index in [4.69, 9.17) is 0 Å². The molecule has 1 amide bonds. The third kappa shape index (κ3) is 4.56. The summed E-state index contributed by atoms with van der Waals surface area (Å²) in [6, 6.07) is 3.79. The molecule has 0 saturated carbocycles. The van der Waals surface area contributed by atoms with Gasteiger partial charge in [0.15, 0.2) is 0 Å². The van der Waals surface area contributed by atoms with Gasteiger partial charge in [0.2, 0.25) is 16.0 Å². The molecule has 1 saturated heterocycles. The Bertz CT molecular complexity index is 1270. The highest BCUT2D eigenvalue weighted by Gasteiger charge is 2.33. The van der Waals surface area contributed by atoms with Gasteiger partial charge in [0.05, 0.1) is 0 Å². The van der Waals surface area contributed by atoms with Gasteiger partial charge in [-0.3, -0.25) is 9.59 Å². The van der Waals surface area contributed by atoms with Gasteiger partial charge in [-0.25, -0.2) is 12.9 Å². The summed E-state index contributed by atoms with van der Waals surface area (Å²) in [5.74, 6) is -0.432. The van der Waals surface area contributed by atoms with Crippen molar-refractivity contribution in [3.63, 3.8) is 0 Å². The first kappa shape index (κ1) is 22.8. The maximum absolute atomic E-state index is 13.2. The quantitative estimate of drug-likeness (QED) is 0.544. The van der Waals surface area contributed by atoms with E-state index in [1.165, 1.54) is 23.5 Å². The average molecular weight is 497 g/mol.